The van der Waals surface area contributed by atoms with Crippen molar-refractivity contribution in [2.75, 3.05) is 0 Å². The highest BCUT2D eigenvalue weighted by Crippen LogP contribution is 2.32. The average molecular weight is 259 g/mol. The van der Waals surface area contributed by atoms with Crippen LogP contribution in [-0.4, -0.2) is 19.9 Å². The zero-order valence-electron chi connectivity index (χ0n) is 9.95. The van der Waals surface area contributed by atoms with E-state index in [0.717, 1.165) is 10.3 Å². The van der Waals surface area contributed by atoms with Crippen LogP contribution in [0.5, 0.6) is 0 Å². The molecule has 0 aliphatic carbocycles. The molecule has 3 rings (SSSR count). The van der Waals surface area contributed by atoms with Gasteiger partial charge in [-0.05, 0) is 24.4 Å². The third-order valence-corrected chi connectivity index (χ3v) is 4.07. The van der Waals surface area contributed by atoms with Crippen LogP contribution in [0.2, 0.25) is 0 Å². The quantitative estimate of drug-likeness (QED) is 0.786. The number of aliphatic hydroxyl groups excluding tert-OH is 1. The number of hydrogen-bond donors (Lipinski definition) is 1. The number of aryl methyl sites for hydroxylation is 1. The molecule has 18 heavy (non-hydrogen) atoms. The lowest BCUT2D eigenvalue weighted by molar-refractivity contribution is 0.206. The Morgan fingerprint density at radius 1 is 1.39 bits per heavy atom. The lowest BCUT2D eigenvalue weighted by Gasteiger charge is -2.08. The SMILES string of the molecule is CCn1ncnc1C(O)c1cc2ccccc2s1. The Bertz CT molecular complexity index is 640. The van der Waals surface area contributed by atoms with Crippen molar-refractivity contribution >= 4 is 21.4 Å². The van der Waals surface area contributed by atoms with E-state index in [-0.39, 0.29) is 0 Å². The van der Waals surface area contributed by atoms with E-state index in [1.54, 1.807) is 16.0 Å². The van der Waals surface area contributed by atoms with Gasteiger partial charge < -0.3 is 5.11 Å². The number of nitrogens with zero attached hydrogens (tertiary/aromatic N) is 3. The van der Waals surface area contributed by atoms with Gasteiger partial charge in [-0.25, -0.2) is 9.67 Å². The fraction of sp³-hybridized carbons (Fsp3) is 0.231. The third kappa shape index (κ3) is 1.81. The van der Waals surface area contributed by atoms with Crippen molar-refractivity contribution in [3.8, 4) is 0 Å². The van der Waals surface area contributed by atoms with Crippen LogP contribution >= 0.6 is 11.3 Å². The van der Waals surface area contributed by atoms with Gasteiger partial charge in [-0.15, -0.1) is 11.3 Å². The summed E-state index contributed by atoms with van der Waals surface area (Å²) in [4.78, 5) is 5.04. The van der Waals surface area contributed by atoms with Crippen molar-refractivity contribution < 1.29 is 5.11 Å². The molecule has 0 saturated heterocycles. The topological polar surface area (TPSA) is 50.9 Å². The van der Waals surface area contributed by atoms with E-state index in [0.29, 0.717) is 12.4 Å². The summed E-state index contributed by atoms with van der Waals surface area (Å²) in [7, 11) is 0. The molecule has 1 atom stereocenters. The predicted molar refractivity (Wildman–Crippen MR) is 71.6 cm³/mol. The molecule has 4 nitrogen and oxygen atoms in total. The van der Waals surface area contributed by atoms with E-state index in [4.69, 9.17) is 0 Å². The Kier molecular flexibility index (Phi) is 2.85. The summed E-state index contributed by atoms with van der Waals surface area (Å²) in [5.41, 5.74) is 0. The van der Waals surface area contributed by atoms with E-state index in [1.807, 2.05) is 31.2 Å². The van der Waals surface area contributed by atoms with Gasteiger partial charge in [0.05, 0.1) is 0 Å². The van der Waals surface area contributed by atoms with Crippen molar-refractivity contribution in [2.24, 2.45) is 0 Å². The molecule has 1 aromatic carbocycles. The number of fused-ring (bicyclic) bond motifs is 1. The maximum atomic E-state index is 10.4. The smallest absolute Gasteiger partial charge is 0.161 e. The summed E-state index contributed by atoms with van der Waals surface area (Å²) >= 11 is 1.59. The number of hydrogen-bond acceptors (Lipinski definition) is 4. The predicted octanol–water partition coefficient (Wildman–Crippen LogP) is 2.59. The summed E-state index contributed by atoms with van der Waals surface area (Å²) in [5, 5.41) is 15.6. The minimum Gasteiger partial charge on any atom is -0.379 e. The molecule has 0 aliphatic rings. The highest BCUT2D eigenvalue weighted by Gasteiger charge is 2.18. The molecule has 5 heteroatoms. The van der Waals surface area contributed by atoms with Gasteiger partial charge >= 0.3 is 0 Å². The Hall–Kier alpha value is -1.72. The second-order valence-corrected chi connectivity index (χ2v) is 5.14. The first-order valence-corrected chi connectivity index (χ1v) is 6.65. The monoisotopic (exact) mass is 259 g/mol. The van der Waals surface area contributed by atoms with Crippen molar-refractivity contribution in [3.05, 3.63) is 47.4 Å². The second kappa shape index (κ2) is 4.51. The van der Waals surface area contributed by atoms with E-state index < -0.39 is 6.10 Å². The van der Waals surface area contributed by atoms with Crippen LogP contribution < -0.4 is 0 Å². The maximum Gasteiger partial charge on any atom is 0.161 e. The zero-order chi connectivity index (χ0) is 12.5. The largest absolute Gasteiger partial charge is 0.379 e. The highest BCUT2D eigenvalue weighted by molar-refractivity contribution is 7.19. The molecular formula is C13H13N3OS. The first kappa shape index (κ1) is 11.4. The number of thiophene rings is 1. The van der Waals surface area contributed by atoms with E-state index in [2.05, 4.69) is 16.1 Å². The molecule has 1 unspecified atom stereocenters. The second-order valence-electron chi connectivity index (χ2n) is 4.02. The average Bonchev–Trinajstić information content (AvgIpc) is 3.03. The molecule has 0 bridgehead atoms. The summed E-state index contributed by atoms with van der Waals surface area (Å²) < 4.78 is 2.89. The van der Waals surface area contributed by atoms with Crippen molar-refractivity contribution in [1.29, 1.82) is 0 Å². The standard InChI is InChI=1S/C13H13N3OS/c1-2-16-13(14-8-15-16)12(17)11-7-9-5-3-4-6-10(9)18-11/h3-8,12,17H,2H2,1H3. The minimum absolute atomic E-state index is 0.601. The Morgan fingerprint density at radius 2 is 2.22 bits per heavy atom. The van der Waals surface area contributed by atoms with Gasteiger partial charge in [0.15, 0.2) is 5.82 Å². The lowest BCUT2D eigenvalue weighted by Crippen LogP contribution is -2.09. The van der Waals surface area contributed by atoms with Crippen LogP contribution in [0.15, 0.2) is 36.7 Å². The molecule has 2 aromatic heterocycles. The van der Waals surface area contributed by atoms with E-state index in [1.165, 1.54) is 11.0 Å². The first-order valence-electron chi connectivity index (χ1n) is 5.84. The Labute approximate surface area is 109 Å². The zero-order valence-corrected chi connectivity index (χ0v) is 10.8. The van der Waals surface area contributed by atoms with Crippen LogP contribution in [0, 0.1) is 0 Å². The fourth-order valence-corrected chi connectivity index (χ4v) is 3.04. The van der Waals surface area contributed by atoms with E-state index in [9.17, 15) is 5.11 Å². The normalized spacial score (nSPS) is 13.0. The van der Waals surface area contributed by atoms with Crippen LogP contribution in [0.3, 0.4) is 0 Å². The highest BCUT2D eigenvalue weighted by atomic mass is 32.1. The number of aliphatic hydroxyl groups is 1. The number of benzene rings is 1. The number of aromatic nitrogens is 3. The molecule has 1 N–H and O–H groups in total. The van der Waals surface area contributed by atoms with Crippen molar-refractivity contribution in [3.63, 3.8) is 0 Å². The molecule has 3 aromatic rings. The first-order chi connectivity index (χ1) is 8.79. The fourth-order valence-electron chi connectivity index (χ4n) is 1.99. The van der Waals surface area contributed by atoms with E-state index >= 15 is 0 Å². The lowest BCUT2D eigenvalue weighted by atomic mass is 10.2. The van der Waals surface area contributed by atoms with Gasteiger partial charge in [-0.2, -0.15) is 5.10 Å². The van der Waals surface area contributed by atoms with Crippen LogP contribution in [0.4, 0.5) is 0 Å². The molecule has 0 radical (unpaired) electrons. The van der Waals surface area contributed by atoms with Gasteiger partial charge in [0.25, 0.3) is 0 Å². The third-order valence-electron chi connectivity index (χ3n) is 2.90. The summed E-state index contributed by atoms with van der Waals surface area (Å²) in [5.74, 6) is 0.601. The molecule has 0 spiro atoms. The summed E-state index contributed by atoms with van der Waals surface area (Å²) in [6.45, 7) is 2.69. The molecule has 0 aliphatic heterocycles. The van der Waals surface area contributed by atoms with Crippen LogP contribution in [-0.2, 0) is 6.54 Å². The van der Waals surface area contributed by atoms with Gasteiger partial charge in [0.2, 0.25) is 0 Å². The molecule has 0 saturated carbocycles. The van der Waals surface area contributed by atoms with Gasteiger partial charge in [-0.3, -0.25) is 0 Å². The minimum atomic E-state index is -0.704. The molecule has 0 amide bonds. The van der Waals surface area contributed by atoms with Gasteiger partial charge in [0, 0.05) is 16.1 Å². The van der Waals surface area contributed by atoms with Crippen LogP contribution in [0.1, 0.15) is 23.7 Å². The molecular weight excluding hydrogens is 246 g/mol. The van der Waals surface area contributed by atoms with Crippen LogP contribution in [0.25, 0.3) is 10.1 Å². The van der Waals surface area contributed by atoms with Crippen molar-refractivity contribution in [1.82, 2.24) is 14.8 Å². The molecule has 92 valence electrons. The van der Waals surface area contributed by atoms with Gasteiger partial charge in [-0.1, -0.05) is 18.2 Å². The molecule has 2 heterocycles. The maximum absolute atomic E-state index is 10.4. The Balaban J connectivity index is 2.03. The van der Waals surface area contributed by atoms with Gasteiger partial charge in [0.1, 0.15) is 12.4 Å². The molecule has 0 fully saturated rings. The summed E-state index contributed by atoms with van der Waals surface area (Å²) in [6, 6.07) is 10.1. The Morgan fingerprint density at radius 3 is 3.00 bits per heavy atom. The number of rotatable bonds is 3. The van der Waals surface area contributed by atoms with Crippen molar-refractivity contribution in [2.45, 2.75) is 19.6 Å². The summed E-state index contributed by atoms with van der Waals surface area (Å²) in [6.07, 6.45) is 0.778.